The third-order valence-corrected chi connectivity index (χ3v) is 3.44. The minimum atomic E-state index is -0.407. The molecule has 1 aliphatic rings. The lowest BCUT2D eigenvalue weighted by molar-refractivity contribution is 0.199. The van der Waals surface area contributed by atoms with Crippen molar-refractivity contribution in [2.75, 3.05) is 0 Å². The first-order chi connectivity index (χ1) is 7.12. The minimum absolute atomic E-state index is 0.148. The molecule has 0 bridgehead atoms. The van der Waals surface area contributed by atoms with Crippen molar-refractivity contribution in [2.45, 2.75) is 44.2 Å². The zero-order valence-corrected chi connectivity index (χ0v) is 9.24. The Morgan fingerprint density at radius 1 is 1.33 bits per heavy atom. The van der Waals surface area contributed by atoms with E-state index >= 15 is 0 Å². The largest absolute Gasteiger partial charge is 0.389 e. The molecule has 1 atom stereocenters. The molecular weight excluding hydrogens is 186 g/mol. The topological polar surface area (TPSA) is 46.2 Å². The van der Waals surface area contributed by atoms with Gasteiger partial charge in [-0.05, 0) is 30.9 Å². The van der Waals surface area contributed by atoms with Crippen LogP contribution < -0.4 is 5.73 Å². The Hall–Kier alpha value is -0.860. The van der Waals surface area contributed by atoms with Crippen molar-refractivity contribution in [3.63, 3.8) is 0 Å². The molecule has 1 aliphatic carbocycles. The zero-order valence-electron chi connectivity index (χ0n) is 9.24. The maximum Gasteiger partial charge on any atom is 0.0762 e. The van der Waals surface area contributed by atoms with Crippen LogP contribution in [0.3, 0.4) is 0 Å². The van der Waals surface area contributed by atoms with Crippen molar-refractivity contribution in [1.29, 1.82) is 0 Å². The molecule has 0 radical (unpaired) electrons. The number of aliphatic hydroxyl groups is 1. The van der Waals surface area contributed by atoms with Gasteiger partial charge in [0, 0.05) is 5.54 Å². The molecule has 0 saturated heterocycles. The van der Waals surface area contributed by atoms with E-state index in [9.17, 15) is 5.11 Å². The Morgan fingerprint density at radius 3 is 2.60 bits per heavy atom. The molecule has 15 heavy (non-hydrogen) atoms. The van der Waals surface area contributed by atoms with Crippen molar-refractivity contribution in [2.24, 2.45) is 5.73 Å². The van der Waals surface area contributed by atoms with E-state index in [1.807, 2.05) is 12.1 Å². The van der Waals surface area contributed by atoms with Gasteiger partial charge in [0.15, 0.2) is 0 Å². The number of hydrogen-bond acceptors (Lipinski definition) is 2. The molecular formula is C13H19NO. The Morgan fingerprint density at radius 2 is 2.00 bits per heavy atom. The average molecular weight is 205 g/mol. The van der Waals surface area contributed by atoms with Crippen molar-refractivity contribution < 1.29 is 5.11 Å². The van der Waals surface area contributed by atoms with E-state index in [1.54, 1.807) is 6.92 Å². The van der Waals surface area contributed by atoms with Crippen molar-refractivity contribution in [3.05, 3.63) is 35.4 Å². The van der Waals surface area contributed by atoms with Gasteiger partial charge >= 0.3 is 0 Å². The Bertz CT molecular complexity index is 340. The van der Waals surface area contributed by atoms with Gasteiger partial charge in [-0.2, -0.15) is 0 Å². The fourth-order valence-corrected chi connectivity index (χ4v) is 2.40. The lowest BCUT2D eigenvalue weighted by atomic mass is 9.88. The van der Waals surface area contributed by atoms with Crippen molar-refractivity contribution in [3.8, 4) is 0 Å². The first-order valence-electron chi connectivity index (χ1n) is 5.69. The summed E-state index contributed by atoms with van der Waals surface area (Å²) in [6, 6.07) is 8.07. The van der Waals surface area contributed by atoms with Crippen LogP contribution in [0, 0.1) is 0 Å². The van der Waals surface area contributed by atoms with Crippen molar-refractivity contribution >= 4 is 0 Å². The van der Waals surface area contributed by atoms with E-state index < -0.39 is 6.10 Å². The van der Waals surface area contributed by atoms with Gasteiger partial charge in [0.2, 0.25) is 0 Å². The Balaban J connectivity index is 2.31. The number of aliphatic hydroxyl groups excluding tert-OH is 1. The van der Waals surface area contributed by atoms with E-state index in [0.717, 1.165) is 18.4 Å². The summed E-state index contributed by atoms with van der Waals surface area (Å²) >= 11 is 0. The van der Waals surface area contributed by atoms with Gasteiger partial charge in [-0.15, -0.1) is 0 Å². The van der Waals surface area contributed by atoms with Gasteiger partial charge in [-0.1, -0.05) is 37.1 Å². The predicted molar refractivity (Wildman–Crippen MR) is 61.4 cm³/mol. The van der Waals surface area contributed by atoms with Crippen molar-refractivity contribution in [1.82, 2.24) is 0 Å². The zero-order chi connectivity index (χ0) is 10.9. The van der Waals surface area contributed by atoms with Gasteiger partial charge in [0.1, 0.15) is 0 Å². The number of benzene rings is 1. The van der Waals surface area contributed by atoms with Crippen LogP contribution in [-0.2, 0) is 5.54 Å². The molecule has 2 nitrogen and oxygen atoms in total. The van der Waals surface area contributed by atoms with Gasteiger partial charge in [0.25, 0.3) is 0 Å². The molecule has 0 heterocycles. The Labute approximate surface area is 91.1 Å². The monoisotopic (exact) mass is 205 g/mol. The molecule has 0 amide bonds. The van der Waals surface area contributed by atoms with Gasteiger partial charge in [-0.3, -0.25) is 0 Å². The summed E-state index contributed by atoms with van der Waals surface area (Å²) in [5.74, 6) is 0. The quantitative estimate of drug-likeness (QED) is 0.779. The summed E-state index contributed by atoms with van der Waals surface area (Å²) in [6.07, 6.45) is 4.16. The minimum Gasteiger partial charge on any atom is -0.389 e. The van der Waals surface area contributed by atoms with Crippen LogP contribution >= 0.6 is 0 Å². The first kappa shape index (κ1) is 10.7. The maximum atomic E-state index is 9.53. The smallest absolute Gasteiger partial charge is 0.0762 e. The van der Waals surface area contributed by atoms with E-state index in [-0.39, 0.29) is 5.54 Å². The molecule has 2 heteroatoms. The summed E-state index contributed by atoms with van der Waals surface area (Å²) in [7, 11) is 0. The highest BCUT2D eigenvalue weighted by molar-refractivity contribution is 5.31. The summed E-state index contributed by atoms with van der Waals surface area (Å²) < 4.78 is 0. The molecule has 1 aromatic carbocycles. The van der Waals surface area contributed by atoms with Crippen LogP contribution in [0.2, 0.25) is 0 Å². The summed E-state index contributed by atoms with van der Waals surface area (Å²) in [6.45, 7) is 1.79. The van der Waals surface area contributed by atoms with Crippen LogP contribution in [0.15, 0.2) is 24.3 Å². The molecule has 82 valence electrons. The third-order valence-electron chi connectivity index (χ3n) is 3.44. The Kier molecular flexibility index (Phi) is 2.81. The highest BCUT2D eigenvalue weighted by Gasteiger charge is 2.31. The normalized spacial score (nSPS) is 21.5. The van der Waals surface area contributed by atoms with Crippen LogP contribution in [0.4, 0.5) is 0 Å². The van der Waals surface area contributed by atoms with E-state index in [0.29, 0.717) is 0 Å². The summed E-state index contributed by atoms with van der Waals surface area (Å²) in [4.78, 5) is 0. The molecule has 2 rings (SSSR count). The maximum absolute atomic E-state index is 9.53. The molecule has 0 aliphatic heterocycles. The second kappa shape index (κ2) is 3.95. The lowest BCUT2D eigenvalue weighted by Crippen LogP contribution is -2.33. The van der Waals surface area contributed by atoms with Gasteiger partial charge < -0.3 is 10.8 Å². The number of rotatable bonds is 2. The molecule has 3 N–H and O–H groups in total. The van der Waals surface area contributed by atoms with Crippen LogP contribution in [0.5, 0.6) is 0 Å². The highest BCUT2D eigenvalue weighted by Crippen LogP contribution is 2.36. The highest BCUT2D eigenvalue weighted by atomic mass is 16.3. The van der Waals surface area contributed by atoms with E-state index in [2.05, 4.69) is 12.1 Å². The SMILES string of the molecule is CC(O)c1cccc(C2(N)CCCC2)c1. The molecule has 1 fully saturated rings. The summed E-state index contributed by atoms with van der Waals surface area (Å²) in [5.41, 5.74) is 8.36. The van der Waals surface area contributed by atoms with Crippen LogP contribution in [-0.4, -0.2) is 5.11 Å². The number of nitrogens with two attached hydrogens (primary N) is 1. The van der Waals surface area contributed by atoms with Crippen LogP contribution in [0.1, 0.15) is 49.8 Å². The van der Waals surface area contributed by atoms with E-state index in [1.165, 1.54) is 18.4 Å². The second-order valence-electron chi connectivity index (χ2n) is 4.66. The van der Waals surface area contributed by atoms with Gasteiger partial charge in [-0.25, -0.2) is 0 Å². The molecule has 1 unspecified atom stereocenters. The lowest BCUT2D eigenvalue weighted by Gasteiger charge is -2.25. The molecule has 1 aromatic rings. The molecule has 1 saturated carbocycles. The van der Waals surface area contributed by atoms with E-state index in [4.69, 9.17) is 5.73 Å². The molecule has 0 spiro atoms. The first-order valence-corrected chi connectivity index (χ1v) is 5.69. The number of hydrogen-bond donors (Lipinski definition) is 2. The molecule has 0 aromatic heterocycles. The predicted octanol–water partition coefficient (Wildman–Crippen LogP) is 2.47. The third kappa shape index (κ3) is 2.06. The van der Waals surface area contributed by atoms with Crippen LogP contribution in [0.25, 0.3) is 0 Å². The fourth-order valence-electron chi connectivity index (χ4n) is 2.40. The summed E-state index contributed by atoms with van der Waals surface area (Å²) in [5, 5.41) is 9.53. The average Bonchev–Trinajstić information content (AvgIpc) is 2.67. The van der Waals surface area contributed by atoms with Gasteiger partial charge in [0.05, 0.1) is 6.10 Å². The standard InChI is InChI=1S/C13H19NO/c1-10(15)11-5-4-6-12(9-11)13(14)7-2-3-8-13/h4-6,9-10,15H,2-3,7-8,14H2,1H3. The fraction of sp³-hybridized carbons (Fsp3) is 0.538. The second-order valence-corrected chi connectivity index (χ2v) is 4.66.